The van der Waals surface area contributed by atoms with Gasteiger partial charge in [-0.2, -0.15) is 9.36 Å². The maximum Gasteiger partial charge on any atom is 0.278 e. The highest BCUT2D eigenvalue weighted by Crippen LogP contribution is 2.40. The van der Waals surface area contributed by atoms with E-state index in [1.165, 1.54) is 35.7 Å². The molecule has 2 atom stereocenters. The summed E-state index contributed by atoms with van der Waals surface area (Å²) in [6.45, 7) is 1.67. The Labute approximate surface area is 231 Å². The van der Waals surface area contributed by atoms with Crippen molar-refractivity contribution in [2.45, 2.75) is 56.7 Å². The van der Waals surface area contributed by atoms with Gasteiger partial charge in [-0.15, -0.1) is 11.8 Å². The average Bonchev–Trinajstić information content (AvgIpc) is 3.59. The molecule has 2 aromatic heterocycles. The van der Waals surface area contributed by atoms with E-state index in [0.717, 1.165) is 37.2 Å². The molecule has 2 aliphatic heterocycles. The first-order valence-electron chi connectivity index (χ1n) is 12.2. The van der Waals surface area contributed by atoms with Crippen molar-refractivity contribution in [3.63, 3.8) is 0 Å². The maximum absolute atomic E-state index is 13.2. The second-order valence-electron chi connectivity index (χ2n) is 9.32. The van der Waals surface area contributed by atoms with Crippen LogP contribution in [0.4, 0.5) is 5.13 Å². The fourth-order valence-corrected chi connectivity index (χ4v) is 6.50. The number of nitrogens with one attached hydrogen (secondary N) is 1. The van der Waals surface area contributed by atoms with Crippen molar-refractivity contribution in [1.29, 1.82) is 0 Å². The molecule has 204 valence electrons. The second kappa shape index (κ2) is 11.1. The molecule has 2 amide bonds. The third-order valence-corrected chi connectivity index (χ3v) is 8.51. The molecule has 1 saturated carbocycles. The Morgan fingerprint density at radius 1 is 1.28 bits per heavy atom. The van der Waals surface area contributed by atoms with Crippen LogP contribution in [0.1, 0.15) is 48.8 Å². The monoisotopic (exact) mass is 571 g/mol. The molecular formula is C24H25N7O6S2. The first kappa shape index (κ1) is 26.7. The van der Waals surface area contributed by atoms with Crippen LogP contribution < -0.4 is 20.7 Å². The molecule has 4 heterocycles. The lowest BCUT2D eigenvalue weighted by Gasteiger charge is -2.49. The fraction of sp³-hybridized carbons (Fsp3) is 0.417. The van der Waals surface area contributed by atoms with Gasteiger partial charge in [0.15, 0.2) is 29.9 Å². The van der Waals surface area contributed by atoms with Crippen LogP contribution in [0, 0.1) is 0 Å². The number of fused-ring (bicyclic) bond motifs is 1. The van der Waals surface area contributed by atoms with Crippen LogP contribution >= 0.6 is 23.3 Å². The molecule has 1 aliphatic carbocycles. The number of nitrogen functional groups attached to an aromatic ring is 1. The van der Waals surface area contributed by atoms with E-state index in [9.17, 15) is 24.3 Å². The molecule has 2 aromatic rings. The van der Waals surface area contributed by atoms with E-state index in [1.807, 2.05) is 0 Å². The minimum atomic E-state index is -1.28. The number of rotatable bonds is 9. The number of oxime groups is 1. The molecule has 0 bridgehead atoms. The second-order valence-corrected chi connectivity index (χ2v) is 11.2. The SMILES string of the molecule is CC(=O)C1=C(C[n+]2ccc(C(=O)[O-])cc2)CS[C@H]2C(NC(=O)C(=NOC3CCCC3)c3nsc(N)n3)C(=O)N12. The third-order valence-electron chi connectivity index (χ3n) is 6.63. The van der Waals surface area contributed by atoms with Gasteiger partial charge in [0.25, 0.3) is 11.8 Å². The lowest BCUT2D eigenvalue weighted by atomic mass is 10.0. The molecule has 0 spiro atoms. The number of hydrogen-bond acceptors (Lipinski definition) is 12. The Hall–Kier alpha value is -3.85. The van der Waals surface area contributed by atoms with Gasteiger partial charge in [-0.25, -0.2) is 4.57 Å². The van der Waals surface area contributed by atoms with Gasteiger partial charge in [-0.1, -0.05) is 5.16 Å². The molecule has 5 rings (SSSR count). The highest BCUT2D eigenvalue weighted by atomic mass is 32.2. The first-order valence-corrected chi connectivity index (χ1v) is 14.1. The number of anilines is 1. The first-order chi connectivity index (χ1) is 18.7. The van der Waals surface area contributed by atoms with Crippen molar-refractivity contribution in [2.24, 2.45) is 5.16 Å². The zero-order valence-electron chi connectivity index (χ0n) is 20.9. The van der Waals surface area contributed by atoms with Crippen LogP contribution in [0.15, 0.2) is 41.0 Å². The minimum absolute atomic E-state index is 0.0150. The predicted molar refractivity (Wildman–Crippen MR) is 138 cm³/mol. The van der Waals surface area contributed by atoms with Crippen LogP contribution in [-0.2, 0) is 25.8 Å². The van der Waals surface area contributed by atoms with Crippen molar-refractivity contribution in [3.8, 4) is 0 Å². The number of carbonyl (C=O) groups excluding carboxylic acids is 4. The summed E-state index contributed by atoms with van der Waals surface area (Å²) >= 11 is 2.33. The van der Waals surface area contributed by atoms with E-state index in [1.54, 1.807) is 17.0 Å². The van der Waals surface area contributed by atoms with E-state index in [-0.39, 0.29) is 46.4 Å². The number of nitrogens with zero attached hydrogens (tertiary/aromatic N) is 5. The van der Waals surface area contributed by atoms with E-state index in [4.69, 9.17) is 10.6 Å². The number of allylic oxidation sites excluding steroid dienone is 1. The van der Waals surface area contributed by atoms with Gasteiger partial charge in [0.05, 0.1) is 11.7 Å². The Morgan fingerprint density at radius 2 is 2.00 bits per heavy atom. The summed E-state index contributed by atoms with van der Waals surface area (Å²) in [7, 11) is 0. The lowest BCUT2D eigenvalue weighted by molar-refractivity contribution is -0.689. The van der Waals surface area contributed by atoms with E-state index in [2.05, 4.69) is 19.8 Å². The Kier molecular flexibility index (Phi) is 7.61. The molecule has 39 heavy (non-hydrogen) atoms. The Balaban J connectivity index is 1.32. The number of thioether (sulfide) groups is 1. The minimum Gasteiger partial charge on any atom is -0.545 e. The average molecular weight is 572 g/mol. The van der Waals surface area contributed by atoms with Gasteiger partial charge in [0.1, 0.15) is 17.5 Å². The van der Waals surface area contributed by atoms with Crippen molar-refractivity contribution in [3.05, 3.63) is 47.2 Å². The number of pyridine rings is 1. The highest BCUT2D eigenvalue weighted by Gasteiger charge is 2.54. The number of Topliss-reactive ketones (excluding diaryl/α,β-unsaturated/α-hetero) is 1. The van der Waals surface area contributed by atoms with Crippen molar-refractivity contribution < 1.29 is 33.7 Å². The van der Waals surface area contributed by atoms with E-state index < -0.39 is 29.2 Å². The van der Waals surface area contributed by atoms with Crippen molar-refractivity contribution >= 4 is 57.7 Å². The van der Waals surface area contributed by atoms with Gasteiger partial charge in [0, 0.05) is 47.5 Å². The quantitative estimate of drug-likeness (QED) is 0.170. The smallest absolute Gasteiger partial charge is 0.278 e. The fourth-order valence-electron chi connectivity index (χ4n) is 4.73. The predicted octanol–water partition coefficient (Wildman–Crippen LogP) is -0.622. The summed E-state index contributed by atoms with van der Waals surface area (Å²) in [6, 6.07) is 1.92. The number of aromatic carboxylic acids is 1. The van der Waals surface area contributed by atoms with Crippen molar-refractivity contribution in [2.75, 3.05) is 11.5 Å². The summed E-state index contributed by atoms with van der Waals surface area (Å²) in [6.07, 6.45) is 6.75. The molecule has 1 saturated heterocycles. The normalized spacial score (nSPS) is 21.4. The molecule has 2 fully saturated rings. The number of carboxylic acid groups (broad SMARTS) is 1. The zero-order chi connectivity index (χ0) is 27.7. The van der Waals surface area contributed by atoms with Gasteiger partial charge < -0.3 is 25.8 Å². The zero-order valence-corrected chi connectivity index (χ0v) is 22.5. The number of ketones is 1. The van der Waals surface area contributed by atoms with Crippen LogP contribution in [0.2, 0.25) is 0 Å². The summed E-state index contributed by atoms with van der Waals surface area (Å²) in [4.78, 5) is 61.1. The van der Waals surface area contributed by atoms with Crippen LogP contribution in [0.5, 0.6) is 0 Å². The summed E-state index contributed by atoms with van der Waals surface area (Å²) in [5, 5.41) is 17.4. The summed E-state index contributed by atoms with van der Waals surface area (Å²) < 4.78 is 5.79. The Morgan fingerprint density at radius 3 is 2.62 bits per heavy atom. The molecule has 3 aliphatic rings. The maximum atomic E-state index is 13.2. The standard InChI is InChI=1S/C24H25N7O6S2/c1-12(32)18-14(10-30-8-6-13(7-9-30)23(35)36)11-38-22-17(21(34)31(18)22)26-20(33)16(19-27-24(25)39-29-19)28-37-15-4-2-3-5-15/h6-9,15,17,22H,2-5,10-11H2,1H3,(H3-,25,26,27,29,33,35,36)/t17?,22-/m0/s1. The highest BCUT2D eigenvalue weighted by molar-refractivity contribution is 8.00. The number of carbonyl (C=O) groups is 4. The number of β-lactam (4-membered cyclic amide) rings is 1. The van der Waals surface area contributed by atoms with Gasteiger partial charge in [-0.05, 0) is 25.7 Å². The molecule has 1 unspecified atom stereocenters. The van der Waals surface area contributed by atoms with E-state index >= 15 is 0 Å². The topological polar surface area (TPSA) is 184 Å². The van der Waals surface area contributed by atoms with Crippen LogP contribution in [0.3, 0.4) is 0 Å². The van der Waals surface area contributed by atoms with Crippen LogP contribution in [0.25, 0.3) is 0 Å². The summed E-state index contributed by atoms with van der Waals surface area (Å²) in [5.41, 5.74) is 6.56. The van der Waals surface area contributed by atoms with Gasteiger partial charge >= 0.3 is 0 Å². The lowest BCUT2D eigenvalue weighted by Crippen LogP contribution is -2.71. The number of nitrogens with two attached hydrogens (primary N) is 1. The molecule has 3 N–H and O–H groups in total. The number of amides is 2. The van der Waals surface area contributed by atoms with Crippen LogP contribution in [-0.4, -0.2) is 66.8 Å². The largest absolute Gasteiger partial charge is 0.545 e. The third kappa shape index (κ3) is 5.49. The van der Waals surface area contributed by atoms with Gasteiger partial charge in [-0.3, -0.25) is 19.3 Å². The number of hydrogen-bond donors (Lipinski definition) is 2. The molecule has 0 aromatic carbocycles. The number of aromatic nitrogens is 3. The molecule has 13 nitrogen and oxygen atoms in total. The molecular weight excluding hydrogens is 546 g/mol. The molecule has 0 radical (unpaired) electrons. The van der Waals surface area contributed by atoms with Crippen molar-refractivity contribution in [1.82, 2.24) is 19.6 Å². The van der Waals surface area contributed by atoms with Gasteiger partial charge in [0.2, 0.25) is 11.5 Å². The Bertz CT molecular complexity index is 1380. The summed E-state index contributed by atoms with van der Waals surface area (Å²) in [5.74, 6) is -2.22. The molecule has 15 heteroatoms. The number of carboxylic acids is 1. The van der Waals surface area contributed by atoms with E-state index in [0.29, 0.717) is 11.3 Å².